The monoisotopic (exact) mass is 715 g/mol. The second-order valence-electron chi connectivity index (χ2n) is 16.3. The second kappa shape index (κ2) is 15.5. The highest BCUT2D eigenvalue weighted by Crippen LogP contribution is 2.47. The molecule has 290 valence electrons. The summed E-state index contributed by atoms with van der Waals surface area (Å²) in [6.07, 6.45) is -7.39. The van der Waals surface area contributed by atoms with Gasteiger partial charge in [0.25, 0.3) is 0 Å². The lowest BCUT2D eigenvalue weighted by atomic mass is 9.78. The molecule has 4 aliphatic heterocycles. The summed E-state index contributed by atoms with van der Waals surface area (Å²) in [4.78, 5) is 16.1. The number of ether oxygens (including phenoxy) is 7. The van der Waals surface area contributed by atoms with Crippen molar-refractivity contribution in [1.82, 2.24) is 4.90 Å². The molecule has 0 spiro atoms. The van der Waals surface area contributed by atoms with E-state index >= 15 is 0 Å². The van der Waals surface area contributed by atoms with E-state index in [9.17, 15) is 25.2 Å². The number of nitrogens with zero attached hydrogens (tertiary/aromatic N) is 1. The van der Waals surface area contributed by atoms with Gasteiger partial charge in [0.2, 0.25) is 0 Å². The van der Waals surface area contributed by atoms with E-state index in [-0.39, 0.29) is 25.0 Å². The second-order valence-corrected chi connectivity index (χ2v) is 16.3. The van der Waals surface area contributed by atoms with Crippen LogP contribution in [0.4, 0.5) is 0 Å². The smallest absolute Gasteiger partial charge is 0.311 e. The molecule has 0 aliphatic carbocycles. The van der Waals surface area contributed by atoms with Crippen LogP contribution in [-0.4, -0.2) is 137 Å². The number of hydrogen-bond acceptors (Lipinski definition) is 13. The fourth-order valence-electron chi connectivity index (χ4n) is 8.73. The number of esters is 1. The molecule has 3 fully saturated rings. The zero-order chi connectivity index (χ0) is 37.7. The number of methoxy groups -OCH3 is 1. The van der Waals surface area contributed by atoms with Gasteiger partial charge < -0.3 is 58.5 Å². The van der Waals surface area contributed by atoms with Crippen LogP contribution < -0.4 is 0 Å². The molecule has 0 aromatic rings. The van der Waals surface area contributed by atoms with Crippen LogP contribution in [0.3, 0.4) is 0 Å². The highest BCUT2D eigenvalue weighted by molar-refractivity contribution is 5.73. The van der Waals surface area contributed by atoms with Crippen molar-refractivity contribution in [1.29, 1.82) is 0 Å². The first-order valence-corrected chi connectivity index (χ1v) is 18.3. The van der Waals surface area contributed by atoms with Crippen LogP contribution in [0.2, 0.25) is 0 Å². The lowest BCUT2D eigenvalue weighted by molar-refractivity contribution is -0.316. The number of carbonyl (C=O) groups excluding carboxylic acids is 1. The van der Waals surface area contributed by atoms with Crippen molar-refractivity contribution in [2.75, 3.05) is 21.2 Å². The molecule has 2 bridgehead atoms. The van der Waals surface area contributed by atoms with Gasteiger partial charge in [0.05, 0.1) is 35.9 Å². The number of rotatable bonds is 7. The highest BCUT2D eigenvalue weighted by atomic mass is 16.7. The fraction of sp³-hybridized carbons (Fsp3) is 0.919. The highest BCUT2D eigenvalue weighted by Gasteiger charge is 2.56. The summed E-state index contributed by atoms with van der Waals surface area (Å²) in [5, 5.41) is 45.9. The van der Waals surface area contributed by atoms with Crippen molar-refractivity contribution in [2.45, 2.75) is 179 Å². The zero-order valence-electron chi connectivity index (χ0n) is 32.4. The Labute approximate surface area is 298 Å². The summed E-state index contributed by atoms with van der Waals surface area (Å²) in [5.41, 5.74) is -3.00. The average Bonchev–Trinajstić information content (AvgIpc) is 3.37. The van der Waals surface area contributed by atoms with Crippen LogP contribution in [0, 0.1) is 17.8 Å². The van der Waals surface area contributed by atoms with Crippen LogP contribution in [0.5, 0.6) is 0 Å². The minimum absolute atomic E-state index is 0.173. The van der Waals surface area contributed by atoms with Gasteiger partial charge in [-0.3, -0.25) is 4.79 Å². The third-order valence-electron chi connectivity index (χ3n) is 12.0. The van der Waals surface area contributed by atoms with Crippen molar-refractivity contribution in [3.63, 3.8) is 0 Å². The van der Waals surface area contributed by atoms with Crippen molar-refractivity contribution in [3.8, 4) is 0 Å². The molecule has 3 saturated heterocycles. The number of carbonyl (C=O) groups is 1. The van der Waals surface area contributed by atoms with E-state index in [0.29, 0.717) is 18.6 Å². The Morgan fingerprint density at radius 3 is 2.18 bits per heavy atom. The maximum Gasteiger partial charge on any atom is 0.311 e. The molecule has 3 unspecified atom stereocenters. The van der Waals surface area contributed by atoms with Gasteiger partial charge in [0.1, 0.15) is 41.4 Å². The van der Waals surface area contributed by atoms with Gasteiger partial charge in [-0.05, 0) is 81.0 Å². The largest absolute Gasteiger partial charge is 0.489 e. The quantitative estimate of drug-likeness (QED) is 0.285. The molecule has 4 rings (SSSR count). The number of fused-ring (bicyclic) bond motifs is 2. The van der Waals surface area contributed by atoms with E-state index in [0.717, 1.165) is 5.57 Å². The Balaban J connectivity index is 1.84. The molecule has 0 amide bonds. The van der Waals surface area contributed by atoms with Gasteiger partial charge >= 0.3 is 5.97 Å². The van der Waals surface area contributed by atoms with Gasteiger partial charge in [0, 0.05) is 37.8 Å². The van der Waals surface area contributed by atoms with Gasteiger partial charge in [-0.2, -0.15) is 0 Å². The molecule has 50 heavy (non-hydrogen) atoms. The lowest BCUT2D eigenvalue weighted by Crippen LogP contribution is -2.60. The Morgan fingerprint density at radius 1 is 0.960 bits per heavy atom. The van der Waals surface area contributed by atoms with Gasteiger partial charge in [-0.1, -0.05) is 20.8 Å². The first-order valence-electron chi connectivity index (χ1n) is 18.3. The molecular formula is C37H65NO12. The molecule has 4 N–H and O–H groups in total. The van der Waals surface area contributed by atoms with E-state index in [2.05, 4.69) is 0 Å². The molecule has 4 aliphatic rings. The number of aliphatic hydroxyl groups excluding tert-OH is 3. The number of hydrogen-bond donors (Lipinski definition) is 4. The SMILES string of the molecule is CC[C@H]1OC(=O)[C@H](C)[C@@H](OC2C[C@@](C)(OC)[C@@H](O)[C@H](C)O2)[C@H](C)[C@@H](OC2O[C@H](C)CC(N(C)C)[C@H]2O)[C@@]2(C)CC(C)=C(O2)[C@H](C)[C@@H](O)[C@]1(C)O. The molecule has 17 atom stereocenters. The number of cyclic esters (lactones) is 1. The Bertz CT molecular complexity index is 1210. The van der Waals surface area contributed by atoms with Crippen LogP contribution in [0.1, 0.15) is 94.9 Å². The molecule has 0 aromatic heterocycles. The van der Waals surface area contributed by atoms with Crippen molar-refractivity contribution in [3.05, 3.63) is 11.3 Å². The molecule has 4 heterocycles. The fourth-order valence-corrected chi connectivity index (χ4v) is 8.73. The number of aliphatic hydroxyl groups is 4. The summed E-state index contributed by atoms with van der Waals surface area (Å²) in [6.45, 7) is 18.0. The van der Waals surface area contributed by atoms with Crippen molar-refractivity contribution < 1.29 is 58.4 Å². The maximum absolute atomic E-state index is 14.1. The first kappa shape index (κ1) is 41.4. The predicted octanol–water partition coefficient (Wildman–Crippen LogP) is 2.89. The minimum atomic E-state index is -1.82. The lowest BCUT2D eigenvalue weighted by Gasteiger charge is -2.48. The Kier molecular flexibility index (Phi) is 12.8. The molecule has 13 heteroatoms. The van der Waals surface area contributed by atoms with Crippen LogP contribution >= 0.6 is 0 Å². The van der Waals surface area contributed by atoms with Gasteiger partial charge in [-0.25, -0.2) is 0 Å². The minimum Gasteiger partial charge on any atom is -0.489 e. The van der Waals surface area contributed by atoms with Gasteiger partial charge in [0.15, 0.2) is 12.6 Å². The van der Waals surface area contributed by atoms with E-state index in [1.165, 1.54) is 14.0 Å². The summed E-state index contributed by atoms with van der Waals surface area (Å²) in [6, 6.07) is -0.235. The van der Waals surface area contributed by atoms with E-state index < -0.39 is 95.8 Å². The van der Waals surface area contributed by atoms with Crippen molar-refractivity contribution in [2.24, 2.45) is 17.8 Å². The molecule has 0 saturated carbocycles. The van der Waals surface area contributed by atoms with E-state index in [1.807, 2.05) is 46.7 Å². The van der Waals surface area contributed by atoms with Crippen LogP contribution in [-0.2, 0) is 38.0 Å². The van der Waals surface area contributed by atoms with E-state index in [4.69, 9.17) is 33.2 Å². The summed E-state index contributed by atoms with van der Waals surface area (Å²) in [7, 11) is 5.34. The Morgan fingerprint density at radius 2 is 1.60 bits per heavy atom. The predicted molar refractivity (Wildman–Crippen MR) is 184 cm³/mol. The van der Waals surface area contributed by atoms with Crippen LogP contribution in [0.25, 0.3) is 0 Å². The topological polar surface area (TPSA) is 166 Å². The maximum atomic E-state index is 14.1. The molecular weight excluding hydrogens is 650 g/mol. The van der Waals surface area contributed by atoms with Crippen molar-refractivity contribution >= 4 is 5.97 Å². The third-order valence-corrected chi connectivity index (χ3v) is 12.0. The molecule has 0 radical (unpaired) electrons. The van der Waals surface area contributed by atoms with Gasteiger partial charge in [-0.15, -0.1) is 0 Å². The normalized spacial score (nSPS) is 49.5. The summed E-state index contributed by atoms with van der Waals surface area (Å²) in [5.74, 6) is -2.31. The first-order chi connectivity index (χ1) is 23.1. The average molecular weight is 716 g/mol. The van der Waals surface area contributed by atoms with E-state index in [1.54, 1.807) is 34.6 Å². The summed E-state index contributed by atoms with van der Waals surface area (Å²) >= 11 is 0. The molecule has 13 nitrogen and oxygen atoms in total. The standard InChI is InChI=1S/C37H65NO12/c1-14-25-37(10,43)30(40)20(4)28-18(2)16-36(9,50-28)32(49-34-27(39)24(38(11)12)15-19(3)45-34)21(5)29(22(6)33(42)47-25)48-26-17-35(8,44-13)31(41)23(7)46-26/h19-27,29-32,34,39-41,43H,14-17H2,1-13H3/t19-,20+,21+,22-,23+,24?,25-,26?,27-,29+,30-,31+,32-,34?,35-,36-,37-/m1/s1. The zero-order valence-corrected chi connectivity index (χ0v) is 32.4. The summed E-state index contributed by atoms with van der Waals surface area (Å²) < 4.78 is 44.6. The number of likely N-dealkylation sites (N-methyl/N-ethyl adjacent to an activating group) is 1. The third kappa shape index (κ3) is 7.93. The van der Waals surface area contributed by atoms with Crippen LogP contribution in [0.15, 0.2) is 11.3 Å². The Hall–Kier alpha value is -1.39. The molecule has 0 aromatic carbocycles.